The first kappa shape index (κ1) is 49.4. The molecule has 0 aliphatic rings. The van der Waals surface area contributed by atoms with Crippen molar-refractivity contribution in [1.82, 2.24) is 0 Å². The van der Waals surface area contributed by atoms with Gasteiger partial charge in [0.1, 0.15) is 31.3 Å². The zero-order valence-electron chi connectivity index (χ0n) is 38.1. The number of hydrogen-bond acceptors (Lipinski definition) is 11. The van der Waals surface area contributed by atoms with Gasteiger partial charge in [-0.3, -0.25) is 26.6 Å². The molecule has 0 bridgehead atoms. The summed E-state index contributed by atoms with van der Waals surface area (Å²) in [6.07, 6.45) is -5.34. The molecule has 356 valence electrons. The van der Waals surface area contributed by atoms with Crippen LogP contribution in [-0.2, 0) is 14.2 Å². The van der Waals surface area contributed by atoms with E-state index in [1.165, 1.54) is 18.2 Å². The average Bonchev–Trinajstić information content (AvgIpc) is 3.33. The van der Waals surface area contributed by atoms with Gasteiger partial charge >= 0.3 is 36.6 Å². The third-order valence-electron chi connectivity index (χ3n) is 10.5. The van der Waals surface area contributed by atoms with Gasteiger partial charge in [-0.1, -0.05) is 79.7 Å². The minimum absolute atomic E-state index is 0.157. The summed E-state index contributed by atoms with van der Waals surface area (Å²) in [5.41, 5.74) is 2.79. The van der Waals surface area contributed by atoms with Crippen LogP contribution in [0.25, 0.3) is 0 Å². The van der Waals surface area contributed by atoms with Gasteiger partial charge in [0, 0.05) is 28.4 Å². The second-order valence-corrected chi connectivity index (χ2v) is 15.6. The van der Waals surface area contributed by atoms with Crippen LogP contribution in [0.3, 0.4) is 0 Å². The highest BCUT2D eigenvalue weighted by Crippen LogP contribution is 2.32. The van der Waals surface area contributed by atoms with E-state index in [2.05, 4.69) is 26.6 Å². The van der Waals surface area contributed by atoms with Gasteiger partial charge in [-0.2, -0.15) is 0 Å². The normalized spacial score (nSPS) is 10.7. The molecule has 0 radical (unpaired) electrons. The summed E-state index contributed by atoms with van der Waals surface area (Å²) in [7, 11) is 0. The van der Waals surface area contributed by atoms with Gasteiger partial charge in [0.25, 0.3) is 0 Å². The highest BCUT2D eigenvalue weighted by atomic mass is 16.6. The van der Waals surface area contributed by atoms with Crippen LogP contribution in [0.4, 0.5) is 68.6 Å². The highest BCUT2D eigenvalue weighted by Gasteiger charge is 2.35. The van der Waals surface area contributed by atoms with Crippen LogP contribution in [0.2, 0.25) is 0 Å². The fraction of sp³-hybridized carbons (Fsp3) is 0.176. The second kappa shape index (κ2) is 23.4. The lowest BCUT2D eigenvalue weighted by Gasteiger charge is -2.31. The first-order chi connectivity index (χ1) is 33.2. The maximum absolute atomic E-state index is 13.4. The molecule has 0 unspecified atom stereocenters. The zero-order chi connectivity index (χ0) is 49.3. The summed E-state index contributed by atoms with van der Waals surface area (Å²) >= 11 is 0. The lowest BCUT2D eigenvalue weighted by molar-refractivity contribution is -0.0104. The van der Waals surface area contributed by atoms with Crippen molar-refractivity contribution >= 4 is 76.4 Å². The maximum Gasteiger partial charge on any atom is 0.417 e. The molecule has 0 aliphatic carbocycles. The molecule has 0 atom stereocenters. The number of para-hydroxylation sites is 3. The lowest BCUT2D eigenvalue weighted by atomic mass is 9.88. The molecule has 0 aliphatic heterocycles. The van der Waals surface area contributed by atoms with E-state index >= 15 is 0 Å². The van der Waals surface area contributed by atoms with Crippen LogP contribution < -0.4 is 41.0 Å². The molecule has 6 rings (SSSR count). The minimum Gasteiger partial charge on any atom is -0.464 e. The molecular formula is C51H50N6O12. The van der Waals surface area contributed by atoms with Crippen LogP contribution in [0.15, 0.2) is 146 Å². The number of aryl methyl sites for hydroxylation is 3. The largest absolute Gasteiger partial charge is 0.464 e. The van der Waals surface area contributed by atoms with Crippen molar-refractivity contribution in [2.24, 2.45) is 5.41 Å². The van der Waals surface area contributed by atoms with Gasteiger partial charge < -0.3 is 28.8 Å². The number of hydrogen-bond donors (Lipinski definition) is 6. The Morgan fingerprint density at radius 2 is 0.855 bits per heavy atom. The quantitative estimate of drug-likeness (QED) is 0.0498. The van der Waals surface area contributed by atoms with E-state index in [0.717, 1.165) is 4.90 Å². The SMILES string of the molecule is CCC(COC(=O)Nc1ccc(C)c(NC(=O)Oc2ccccc2)c1)(COC(=O)Nc1ccc(C)c(NC(=O)Oc2ccccc2)c1)COC(=O)Nc1ccc(C)c(N(C(=O)O)c2ccccc2)c1. The Morgan fingerprint density at radius 3 is 1.25 bits per heavy atom. The molecule has 6 aromatic carbocycles. The van der Waals surface area contributed by atoms with E-state index in [4.69, 9.17) is 23.7 Å². The van der Waals surface area contributed by atoms with Crippen molar-refractivity contribution in [2.75, 3.05) is 51.3 Å². The third-order valence-corrected chi connectivity index (χ3v) is 10.5. The molecule has 0 aromatic heterocycles. The van der Waals surface area contributed by atoms with Gasteiger partial charge in [-0.25, -0.2) is 33.7 Å². The second-order valence-electron chi connectivity index (χ2n) is 15.6. The molecular weight excluding hydrogens is 889 g/mol. The van der Waals surface area contributed by atoms with Gasteiger partial charge in [-0.05, 0) is 117 Å². The number of rotatable bonds is 16. The first-order valence-electron chi connectivity index (χ1n) is 21.5. The number of carbonyl (C=O) groups excluding carboxylic acids is 5. The molecule has 6 N–H and O–H groups in total. The number of carboxylic acid groups (broad SMARTS) is 1. The van der Waals surface area contributed by atoms with Crippen molar-refractivity contribution in [3.05, 3.63) is 162 Å². The van der Waals surface area contributed by atoms with E-state index < -0.39 is 61.8 Å². The fourth-order valence-electron chi connectivity index (χ4n) is 6.54. The lowest BCUT2D eigenvalue weighted by Crippen LogP contribution is -2.40. The van der Waals surface area contributed by atoms with Gasteiger partial charge in [0.15, 0.2) is 0 Å². The van der Waals surface area contributed by atoms with Crippen molar-refractivity contribution in [3.8, 4) is 11.5 Å². The summed E-state index contributed by atoms with van der Waals surface area (Å²) in [4.78, 5) is 78.8. The van der Waals surface area contributed by atoms with E-state index in [1.54, 1.807) is 155 Å². The molecule has 6 aromatic rings. The van der Waals surface area contributed by atoms with Crippen LogP contribution in [0.5, 0.6) is 11.5 Å². The number of carbonyl (C=O) groups is 6. The fourth-order valence-corrected chi connectivity index (χ4v) is 6.54. The number of amides is 6. The Morgan fingerprint density at radius 1 is 0.478 bits per heavy atom. The Kier molecular flexibility index (Phi) is 16.8. The Bertz CT molecular complexity index is 2650. The molecule has 18 nitrogen and oxygen atoms in total. The molecule has 0 heterocycles. The maximum atomic E-state index is 13.4. The molecule has 0 fully saturated rings. The van der Waals surface area contributed by atoms with Gasteiger partial charge in [-0.15, -0.1) is 0 Å². The third kappa shape index (κ3) is 14.5. The Labute approximate surface area is 397 Å². The summed E-state index contributed by atoms with van der Waals surface area (Å²) in [6.45, 7) is 5.70. The van der Waals surface area contributed by atoms with Crippen molar-refractivity contribution in [1.29, 1.82) is 0 Å². The van der Waals surface area contributed by atoms with Crippen LogP contribution in [0.1, 0.15) is 30.0 Å². The summed E-state index contributed by atoms with van der Waals surface area (Å²) in [6, 6.07) is 39.7. The van der Waals surface area contributed by atoms with E-state index in [9.17, 15) is 33.9 Å². The summed E-state index contributed by atoms with van der Waals surface area (Å²) in [5.74, 6) is 0.672. The minimum atomic E-state index is -1.32. The number of nitrogens with one attached hydrogen (secondary N) is 5. The van der Waals surface area contributed by atoms with Gasteiger partial charge in [0.2, 0.25) is 0 Å². The smallest absolute Gasteiger partial charge is 0.417 e. The Hall–Kier alpha value is -9.06. The number of benzene rings is 6. The van der Waals surface area contributed by atoms with Crippen molar-refractivity contribution in [2.45, 2.75) is 34.1 Å². The number of nitrogens with zero attached hydrogens (tertiary/aromatic N) is 1. The number of anilines is 7. The topological polar surface area (TPSA) is 232 Å². The van der Waals surface area contributed by atoms with Gasteiger partial charge in [0.05, 0.1) is 16.8 Å². The predicted molar refractivity (Wildman–Crippen MR) is 260 cm³/mol. The average molecular weight is 939 g/mol. The Balaban J connectivity index is 1.14. The molecule has 6 amide bonds. The summed E-state index contributed by atoms with van der Waals surface area (Å²) in [5, 5.41) is 23.3. The molecule has 18 heteroatoms. The molecule has 0 saturated carbocycles. The van der Waals surface area contributed by atoms with Crippen LogP contribution in [-0.4, -0.2) is 61.5 Å². The van der Waals surface area contributed by atoms with E-state index in [0.29, 0.717) is 50.9 Å². The van der Waals surface area contributed by atoms with E-state index in [1.807, 2.05) is 0 Å². The van der Waals surface area contributed by atoms with Crippen LogP contribution >= 0.6 is 0 Å². The monoisotopic (exact) mass is 938 g/mol. The summed E-state index contributed by atoms with van der Waals surface area (Å²) < 4.78 is 27.7. The van der Waals surface area contributed by atoms with Crippen molar-refractivity contribution in [3.63, 3.8) is 0 Å². The molecule has 0 saturated heterocycles. The first-order valence-corrected chi connectivity index (χ1v) is 21.5. The standard InChI is InChI=1S/C51H50N6O12/c1-5-51(30-65-45(58)52-36-24-21-33(2)42(27-36)55-48(61)68-40-17-11-7-12-18-40,31-66-46(59)53-37-25-22-34(3)43(28-37)56-49(62)69-41-19-13-8-14-20-41)32-67-47(60)54-38-26-23-35(4)44(29-38)57(50(63)64)39-15-9-6-10-16-39/h6-29H,5,30-32H2,1-4H3,(H,52,58)(H,53,59)(H,54,60)(H,55,61)(H,56,62)(H,63,64). The van der Waals surface area contributed by atoms with Crippen LogP contribution in [0, 0.1) is 26.2 Å². The predicted octanol–water partition coefficient (Wildman–Crippen LogP) is 12.1. The molecule has 69 heavy (non-hydrogen) atoms. The zero-order valence-corrected chi connectivity index (χ0v) is 38.1. The highest BCUT2D eigenvalue weighted by molar-refractivity contribution is 5.97. The van der Waals surface area contributed by atoms with Crippen molar-refractivity contribution < 1.29 is 57.6 Å². The molecule has 0 spiro atoms. The number of ether oxygens (including phenoxy) is 5. The van der Waals surface area contributed by atoms with E-state index in [-0.39, 0.29) is 23.5 Å².